The first-order valence-corrected chi connectivity index (χ1v) is 6.85. The van der Waals surface area contributed by atoms with E-state index in [9.17, 15) is 8.78 Å². The second-order valence-corrected chi connectivity index (χ2v) is 5.55. The van der Waals surface area contributed by atoms with E-state index in [1.807, 2.05) is 4.90 Å². The van der Waals surface area contributed by atoms with E-state index in [0.717, 1.165) is 38.2 Å². The van der Waals surface area contributed by atoms with E-state index in [4.69, 9.17) is 5.73 Å². The summed E-state index contributed by atoms with van der Waals surface area (Å²) in [5.74, 6) is -0.360. The van der Waals surface area contributed by atoms with Gasteiger partial charge in [0.05, 0.1) is 11.4 Å². The van der Waals surface area contributed by atoms with E-state index < -0.39 is 11.6 Å². The van der Waals surface area contributed by atoms with E-state index in [2.05, 4.69) is 4.90 Å². The molecule has 0 bridgehead atoms. The second kappa shape index (κ2) is 4.96. The SMILES string of the molecule is Nc1c(F)cc(F)cc1N1CCN(CC2CC2)CC1. The van der Waals surface area contributed by atoms with Gasteiger partial charge in [-0.15, -0.1) is 0 Å². The van der Waals surface area contributed by atoms with Crippen LogP contribution in [0.1, 0.15) is 12.8 Å². The van der Waals surface area contributed by atoms with E-state index in [-0.39, 0.29) is 5.69 Å². The predicted molar refractivity (Wildman–Crippen MR) is 72.1 cm³/mol. The van der Waals surface area contributed by atoms with Crippen molar-refractivity contribution in [3.05, 3.63) is 23.8 Å². The Labute approximate surface area is 112 Å². The minimum absolute atomic E-state index is 0.0528. The maximum atomic E-state index is 13.4. The number of halogens is 2. The molecule has 1 saturated carbocycles. The number of hydrogen-bond acceptors (Lipinski definition) is 3. The van der Waals surface area contributed by atoms with Crippen LogP contribution in [0.2, 0.25) is 0 Å². The van der Waals surface area contributed by atoms with Crippen LogP contribution in [0.25, 0.3) is 0 Å². The maximum absolute atomic E-state index is 13.4. The molecule has 2 aliphatic rings. The normalized spacial score (nSPS) is 20.8. The fraction of sp³-hybridized carbons (Fsp3) is 0.571. The summed E-state index contributed by atoms with van der Waals surface area (Å²) in [6.07, 6.45) is 2.70. The number of rotatable bonds is 3. The highest BCUT2D eigenvalue weighted by atomic mass is 19.1. The summed E-state index contributed by atoms with van der Waals surface area (Å²) in [6, 6.07) is 2.16. The highest BCUT2D eigenvalue weighted by Gasteiger charge is 2.27. The van der Waals surface area contributed by atoms with E-state index in [1.54, 1.807) is 0 Å². The summed E-state index contributed by atoms with van der Waals surface area (Å²) in [6.45, 7) is 4.60. The molecule has 1 aliphatic heterocycles. The van der Waals surface area contributed by atoms with Crippen LogP contribution in [-0.2, 0) is 0 Å². The van der Waals surface area contributed by atoms with Crippen LogP contribution in [0.5, 0.6) is 0 Å². The van der Waals surface area contributed by atoms with Crippen molar-refractivity contribution in [2.24, 2.45) is 5.92 Å². The Bertz CT molecular complexity index is 466. The summed E-state index contributed by atoms with van der Waals surface area (Å²) < 4.78 is 26.7. The van der Waals surface area contributed by atoms with Gasteiger partial charge in [-0.25, -0.2) is 8.78 Å². The molecule has 0 unspecified atom stereocenters. The zero-order chi connectivity index (χ0) is 13.4. The second-order valence-electron chi connectivity index (χ2n) is 5.55. The first kappa shape index (κ1) is 12.7. The van der Waals surface area contributed by atoms with Crippen molar-refractivity contribution < 1.29 is 8.78 Å². The van der Waals surface area contributed by atoms with Crippen LogP contribution in [0.3, 0.4) is 0 Å². The van der Waals surface area contributed by atoms with Crippen LogP contribution in [-0.4, -0.2) is 37.6 Å². The van der Waals surface area contributed by atoms with Gasteiger partial charge in [0.15, 0.2) is 5.82 Å². The lowest BCUT2D eigenvalue weighted by Crippen LogP contribution is -2.47. The fourth-order valence-electron chi connectivity index (χ4n) is 2.67. The molecule has 0 atom stereocenters. The largest absolute Gasteiger partial charge is 0.395 e. The van der Waals surface area contributed by atoms with Crippen molar-refractivity contribution in [1.82, 2.24) is 4.90 Å². The molecule has 1 saturated heterocycles. The number of benzene rings is 1. The van der Waals surface area contributed by atoms with Gasteiger partial charge >= 0.3 is 0 Å². The summed E-state index contributed by atoms with van der Waals surface area (Å²) >= 11 is 0. The third-order valence-electron chi connectivity index (χ3n) is 4.00. The molecular formula is C14H19F2N3. The monoisotopic (exact) mass is 267 g/mol. The molecule has 1 heterocycles. The third-order valence-corrected chi connectivity index (χ3v) is 4.00. The molecule has 19 heavy (non-hydrogen) atoms. The Morgan fingerprint density at radius 2 is 1.79 bits per heavy atom. The average Bonchev–Trinajstić information content (AvgIpc) is 3.19. The van der Waals surface area contributed by atoms with E-state index >= 15 is 0 Å². The minimum atomic E-state index is -0.671. The molecule has 0 amide bonds. The predicted octanol–water partition coefficient (Wildman–Crippen LogP) is 2.08. The van der Waals surface area contributed by atoms with Crippen molar-refractivity contribution in [3.63, 3.8) is 0 Å². The van der Waals surface area contributed by atoms with Crippen LogP contribution in [0.4, 0.5) is 20.2 Å². The van der Waals surface area contributed by atoms with E-state index in [0.29, 0.717) is 5.69 Å². The molecule has 3 rings (SSSR count). The van der Waals surface area contributed by atoms with Gasteiger partial charge in [0.1, 0.15) is 5.82 Å². The Hall–Kier alpha value is -1.36. The Morgan fingerprint density at radius 1 is 1.11 bits per heavy atom. The number of nitrogen functional groups attached to an aromatic ring is 1. The third kappa shape index (κ3) is 2.81. The quantitative estimate of drug-likeness (QED) is 0.851. The molecule has 1 aliphatic carbocycles. The summed E-state index contributed by atoms with van der Waals surface area (Å²) in [5, 5.41) is 0. The molecular weight excluding hydrogens is 248 g/mol. The molecule has 1 aromatic rings. The van der Waals surface area contributed by atoms with Crippen molar-refractivity contribution in [1.29, 1.82) is 0 Å². The highest BCUT2D eigenvalue weighted by Crippen LogP contribution is 2.31. The van der Waals surface area contributed by atoms with Crippen LogP contribution >= 0.6 is 0 Å². The van der Waals surface area contributed by atoms with Crippen molar-refractivity contribution >= 4 is 11.4 Å². The number of anilines is 2. The van der Waals surface area contributed by atoms with Gasteiger partial charge in [0.25, 0.3) is 0 Å². The molecule has 104 valence electrons. The van der Waals surface area contributed by atoms with Crippen molar-refractivity contribution in [2.45, 2.75) is 12.8 Å². The molecule has 2 N–H and O–H groups in total. The molecule has 0 radical (unpaired) electrons. The zero-order valence-corrected chi connectivity index (χ0v) is 10.9. The topological polar surface area (TPSA) is 32.5 Å². The van der Waals surface area contributed by atoms with Crippen LogP contribution in [0, 0.1) is 17.6 Å². The molecule has 3 nitrogen and oxygen atoms in total. The molecule has 5 heteroatoms. The summed E-state index contributed by atoms with van der Waals surface area (Å²) in [5.41, 5.74) is 6.25. The van der Waals surface area contributed by atoms with Crippen molar-refractivity contribution in [2.75, 3.05) is 43.4 Å². The zero-order valence-electron chi connectivity index (χ0n) is 10.9. The molecule has 1 aromatic carbocycles. The van der Waals surface area contributed by atoms with Crippen LogP contribution in [0.15, 0.2) is 12.1 Å². The van der Waals surface area contributed by atoms with Crippen LogP contribution < -0.4 is 10.6 Å². The Balaban J connectivity index is 1.67. The maximum Gasteiger partial charge on any atom is 0.151 e. The number of nitrogens with zero attached hydrogens (tertiary/aromatic N) is 2. The summed E-state index contributed by atoms with van der Waals surface area (Å²) in [4.78, 5) is 4.41. The van der Waals surface area contributed by atoms with E-state index in [1.165, 1.54) is 25.5 Å². The van der Waals surface area contributed by atoms with Crippen molar-refractivity contribution in [3.8, 4) is 0 Å². The van der Waals surface area contributed by atoms with Gasteiger partial charge in [-0.1, -0.05) is 0 Å². The number of nitrogens with two attached hydrogens (primary N) is 1. The molecule has 0 aromatic heterocycles. The minimum Gasteiger partial charge on any atom is -0.395 e. The lowest BCUT2D eigenvalue weighted by molar-refractivity contribution is 0.248. The van der Waals surface area contributed by atoms with Gasteiger partial charge in [-0.05, 0) is 24.8 Å². The number of piperazine rings is 1. The van der Waals surface area contributed by atoms with Gasteiger partial charge in [0.2, 0.25) is 0 Å². The first-order valence-electron chi connectivity index (χ1n) is 6.85. The first-order chi connectivity index (χ1) is 9.13. The van der Waals surface area contributed by atoms with Gasteiger partial charge in [-0.3, -0.25) is 4.90 Å². The van der Waals surface area contributed by atoms with Gasteiger partial charge in [-0.2, -0.15) is 0 Å². The standard InChI is InChI=1S/C14H19F2N3/c15-11-7-12(16)14(17)13(8-11)19-5-3-18(4-6-19)9-10-1-2-10/h7-8,10H,1-6,9,17H2. The molecule has 2 fully saturated rings. The van der Waals surface area contributed by atoms with Gasteiger partial charge in [0, 0.05) is 38.8 Å². The smallest absolute Gasteiger partial charge is 0.151 e. The Morgan fingerprint density at radius 3 is 2.42 bits per heavy atom. The number of hydrogen-bond donors (Lipinski definition) is 1. The average molecular weight is 267 g/mol. The Kier molecular flexibility index (Phi) is 3.31. The van der Waals surface area contributed by atoms with Gasteiger partial charge < -0.3 is 10.6 Å². The fourth-order valence-corrected chi connectivity index (χ4v) is 2.67. The lowest BCUT2D eigenvalue weighted by atomic mass is 10.2. The highest BCUT2D eigenvalue weighted by molar-refractivity contribution is 5.68. The lowest BCUT2D eigenvalue weighted by Gasteiger charge is -2.36. The summed E-state index contributed by atoms with van der Waals surface area (Å²) in [7, 11) is 0. The molecule has 0 spiro atoms.